The molecule has 86 valence electrons. The van der Waals surface area contributed by atoms with Crippen molar-refractivity contribution in [2.45, 2.75) is 13.5 Å². The maximum atomic E-state index is 8.76. The van der Waals surface area contributed by atoms with Crippen molar-refractivity contribution >= 4 is 28.6 Å². The number of nitriles is 1. The van der Waals surface area contributed by atoms with Gasteiger partial charge < -0.3 is 5.32 Å². The van der Waals surface area contributed by atoms with Crippen molar-refractivity contribution in [1.82, 2.24) is 4.98 Å². The molecule has 1 aromatic heterocycles. The van der Waals surface area contributed by atoms with Crippen LogP contribution in [0.4, 0.5) is 5.69 Å². The Morgan fingerprint density at radius 1 is 1.53 bits per heavy atom. The molecule has 0 aliphatic rings. The third-order valence-corrected chi connectivity index (χ3v) is 3.64. The van der Waals surface area contributed by atoms with E-state index in [1.165, 1.54) is 4.88 Å². The van der Waals surface area contributed by atoms with E-state index in [1.54, 1.807) is 23.5 Å². The molecule has 0 spiro atoms. The Morgan fingerprint density at radius 3 is 2.94 bits per heavy atom. The lowest BCUT2D eigenvalue weighted by Gasteiger charge is -2.06. The SMILES string of the molecule is Cc1ncsc1CNc1ccc(C#N)c(Cl)c1. The first-order chi connectivity index (χ1) is 8.20. The zero-order valence-corrected chi connectivity index (χ0v) is 10.8. The number of aromatic nitrogens is 1. The minimum absolute atomic E-state index is 0.471. The summed E-state index contributed by atoms with van der Waals surface area (Å²) >= 11 is 7.57. The Bertz CT molecular complexity index is 571. The van der Waals surface area contributed by atoms with Crippen molar-refractivity contribution in [1.29, 1.82) is 5.26 Å². The first-order valence-electron chi connectivity index (χ1n) is 5.03. The molecule has 2 rings (SSSR count). The monoisotopic (exact) mass is 263 g/mol. The highest BCUT2D eigenvalue weighted by atomic mass is 35.5. The average Bonchev–Trinajstić information content (AvgIpc) is 2.72. The lowest BCUT2D eigenvalue weighted by molar-refractivity contribution is 1.12. The van der Waals surface area contributed by atoms with Gasteiger partial charge in [0.15, 0.2) is 0 Å². The lowest BCUT2D eigenvalue weighted by Crippen LogP contribution is -1.99. The molecule has 0 saturated carbocycles. The molecule has 0 amide bonds. The topological polar surface area (TPSA) is 48.7 Å². The van der Waals surface area contributed by atoms with E-state index in [0.717, 1.165) is 17.9 Å². The summed E-state index contributed by atoms with van der Waals surface area (Å²) in [4.78, 5) is 5.38. The van der Waals surface area contributed by atoms with Crippen LogP contribution in [0.1, 0.15) is 16.1 Å². The highest BCUT2D eigenvalue weighted by molar-refractivity contribution is 7.09. The zero-order valence-electron chi connectivity index (χ0n) is 9.20. The highest BCUT2D eigenvalue weighted by Crippen LogP contribution is 2.21. The van der Waals surface area contributed by atoms with Crippen molar-refractivity contribution in [2.24, 2.45) is 0 Å². The zero-order chi connectivity index (χ0) is 12.3. The Morgan fingerprint density at radius 2 is 2.35 bits per heavy atom. The van der Waals surface area contributed by atoms with Gasteiger partial charge in [-0.15, -0.1) is 11.3 Å². The summed E-state index contributed by atoms with van der Waals surface area (Å²) < 4.78 is 0. The van der Waals surface area contributed by atoms with E-state index in [-0.39, 0.29) is 0 Å². The fraction of sp³-hybridized carbons (Fsp3) is 0.167. The van der Waals surface area contributed by atoms with Crippen molar-refractivity contribution in [2.75, 3.05) is 5.32 Å². The van der Waals surface area contributed by atoms with Gasteiger partial charge in [-0.3, -0.25) is 0 Å². The fourth-order valence-electron chi connectivity index (χ4n) is 1.39. The number of aryl methyl sites for hydroxylation is 1. The molecule has 0 atom stereocenters. The smallest absolute Gasteiger partial charge is 0.101 e. The number of thiazole rings is 1. The van der Waals surface area contributed by atoms with Gasteiger partial charge in [0.05, 0.1) is 28.3 Å². The van der Waals surface area contributed by atoms with Gasteiger partial charge in [0.1, 0.15) is 6.07 Å². The van der Waals surface area contributed by atoms with Gasteiger partial charge in [-0.2, -0.15) is 5.26 Å². The van der Waals surface area contributed by atoms with Crippen LogP contribution in [0.2, 0.25) is 5.02 Å². The van der Waals surface area contributed by atoms with Crippen LogP contribution < -0.4 is 5.32 Å². The number of hydrogen-bond acceptors (Lipinski definition) is 4. The molecular weight excluding hydrogens is 254 g/mol. The van der Waals surface area contributed by atoms with Crippen molar-refractivity contribution < 1.29 is 0 Å². The molecule has 0 aliphatic heterocycles. The van der Waals surface area contributed by atoms with Gasteiger partial charge in [0, 0.05) is 10.6 Å². The number of benzene rings is 1. The molecular formula is C12H10ClN3S. The minimum Gasteiger partial charge on any atom is -0.380 e. The lowest BCUT2D eigenvalue weighted by atomic mass is 10.2. The van der Waals surface area contributed by atoms with Crippen LogP contribution in [0, 0.1) is 18.3 Å². The summed E-state index contributed by atoms with van der Waals surface area (Å²) in [5.41, 5.74) is 4.27. The molecule has 0 unspecified atom stereocenters. The van der Waals surface area contributed by atoms with Crippen LogP contribution in [0.5, 0.6) is 0 Å². The molecule has 1 heterocycles. The van der Waals surface area contributed by atoms with Gasteiger partial charge in [-0.25, -0.2) is 4.98 Å². The average molecular weight is 264 g/mol. The number of nitrogens with zero attached hydrogens (tertiary/aromatic N) is 2. The van der Waals surface area contributed by atoms with E-state index < -0.39 is 0 Å². The summed E-state index contributed by atoms with van der Waals surface area (Å²) in [5.74, 6) is 0. The van der Waals surface area contributed by atoms with E-state index in [2.05, 4.69) is 10.3 Å². The fourth-order valence-corrected chi connectivity index (χ4v) is 2.33. The Hall–Kier alpha value is -1.57. The standard InChI is InChI=1S/C12H10ClN3S/c1-8-12(17-7-16-8)6-15-10-3-2-9(5-14)11(13)4-10/h2-4,7,15H,6H2,1H3. The molecule has 0 saturated heterocycles. The van der Waals surface area contributed by atoms with Crippen LogP contribution in [0.3, 0.4) is 0 Å². The normalized spacial score (nSPS) is 9.94. The molecule has 0 fully saturated rings. The van der Waals surface area contributed by atoms with Crippen LogP contribution in [-0.4, -0.2) is 4.98 Å². The number of rotatable bonds is 3. The third-order valence-electron chi connectivity index (χ3n) is 2.39. The highest BCUT2D eigenvalue weighted by Gasteiger charge is 2.03. The van der Waals surface area contributed by atoms with Gasteiger partial charge in [-0.05, 0) is 25.1 Å². The molecule has 3 nitrogen and oxygen atoms in total. The molecule has 1 aromatic carbocycles. The number of anilines is 1. The van der Waals surface area contributed by atoms with Gasteiger partial charge >= 0.3 is 0 Å². The number of hydrogen-bond donors (Lipinski definition) is 1. The Balaban J connectivity index is 2.08. The number of halogens is 1. The van der Waals surface area contributed by atoms with Crippen LogP contribution in [0.15, 0.2) is 23.7 Å². The maximum absolute atomic E-state index is 8.76. The summed E-state index contributed by atoms with van der Waals surface area (Å²) in [6.45, 7) is 2.71. The maximum Gasteiger partial charge on any atom is 0.101 e. The van der Waals surface area contributed by atoms with E-state index in [9.17, 15) is 0 Å². The third kappa shape index (κ3) is 2.76. The van der Waals surface area contributed by atoms with Gasteiger partial charge in [0.2, 0.25) is 0 Å². The summed E-state index contributed by atoms with van der Waals surface area (Å²) in [6, 6.07) is 7.35. The molecule has 0 aliphatic carbocycles. The van der Waals surface area contributed by atoms with Crippen LogP contribution in [-0.2, 0) is 6.54 Å². The summed E-state index contributed by atoms with van der Waals surface area (Å²) in [5, 5.41) is 12.5. The second kappa shape index (κ2) is 5.17. The van der Waals surface area contributed by atoms with Crippen LogP contribution in [0.25, 0.3) is 0 Å². The second-order valence-electron chi connectivity index (χ2n) is 3.52. The van der Waals surface area contributed by atoms with E-state index >= 15 is 0 Å². The molecule has 2 aromatic rings. The van der Waals surface area contributed by atoms with Crippen molar-refractivity contribution in [3.05, 3.63) is 44.9 Å². The first-order valence-corrected chi connectivity index (χ1v) is 6.29. The summed E-state index contributed by atoms with van der Waals surface area (Å²) in [6.07, 6.45) is 0. The predicted octanol–water partition coefficient (Wildman–Crippen LogP) is 3.59. The Kier molecular flexibility index (Phi) is 3.62. The molecule has 17 heavy (non-hydrogen) atoms. The summed E-state index contributed by atoms with van der Waals surface area (Å²) in [7, 11) is 0. The quantitative estimate of drug-likeness (QED) is 0.921. The van der Waals surface area contributed by atoms with Gasteiger partial charge in [-0.1, -0.05) is 11.6 Å². The first kappa shape index (κ1) is 11.9. The second-order valence-corrected chi connectivity index (χ2v) is 4.87. The van der Waals surface area contributed by atoms with E-state index in [0.29, 0.717) is 10.6 Å². The van der Waals surface area contributed by atoms with E-state index in [4.69, 9.17) is 16.9 Å². The van der Waals surface area contributed by atoms with Crippen molar-refractivity contribution in [3.63, 3.8) is 0 Å². The van der Waals surface area contributed by atoms with E-state index in [1.807, 2.05) is 24.6 Å². The number of nitrogens with one attached hydrogen (secondary N) is 1. The molecule has 1 N–H and O–H groups in total. The molecule has 0 bridgehead atoms. The van der Waals surface area contributed by atoms with Gasteiger partial charge in [0.25, 0.3) is 0 Å². The van der Waals surface area contributed by atoms with Crippen molar-refractivity contribution in [3.8, 4) is 6.07 Å². The Labute approximate surface area is 109 Å². The minimum atomic E-state index is 0.471. The van der Waals surface area contributed by atoms with Crippen LogP contribution >= 0.6 is 22.9 Å². The molecule has 5 heteroatoms. The molecule has 0 radical (unpaired) electrons. The largest absolute Gasteiger partial charge is 0.380 e. The predicted molar refractivity (Wildman–Crippen MR) is 70.3 cm³/mol.